The van der Waals surface area contributed by atoms with Crippen LogP contribution in [0.3, 0.4) is 0 Å². The Bertz CT molecular complexity index is 401. The van der Waals surface area contributed by atoms with Crippen molar-refractivity contribution in [2.24, 2.45) is 11.8 Å². The number of hydrogen-bond acceptors (Lipinski definition) is 5. The van der Waals surface area contributed by atoms with Crippen molar-refractivity contribution in [1.82, 2.24) is 0 Å². The van der Waals surface area contributed by atoms with E-state index in [0.29, 0.717) is 25.0 Å². The Morgan fingerprint density at radius 1 is 1.27 bits per heavy atom. The standard InChI is InChI=1S/C17H28O5/c1-4-11-19-12-9-14-7-5-6-13-8-10-16(2)20-15(18-3)17(13,14)22-21-16/h4,13-15H,1,5-12H2,2-3H3/t13-,14+,15+,16-,17-/m1/s1. The Labute approximate surface area is 132 Å². The van der Waals surface area contributed by atoms with E-state index < -0.39 is 11.4 Å². The van der Waals surface area contributed by atoms with Crippen molar-refractivity contribution in [1.29, 1.82) is 0 Å². The average molecular weight is 312 g/mol. The monoisotopic (exact) mass is 312 g/mol. The number of hydrogen-bond donors (Lipinski definition) is 0. The van der Waals surface area contributed by atoms with Crippen molar-refractivity contribution in [2.45, 2.75) is 63.1 Å². The van der Waals surface area contributed by atoms with Crippen LogP contribution in [0.4, 0.5) is 0 Å². The van der Waals surface area contributed by atoms with Gasteiger partial charge in [0.15, 0.2) is 11.9 Å². The molecule has 5 heteroatoms. The topological polar surface area (TPSA) is 46.2 Å². The summed E-state index contributed by atoms with van der Waals surface area (Å²) in [6.07, 6.45) is 7.69. The first-order valence-electron chi connectivity index (χ1n) is 8.41. The van der Waals surface area contributed by atoms with Crippen LogP contribution < -0.4 is 0 Å². The molecule has 4 aliphatic rings. The molecule has 0 radical (unpaired) electrons. The molecule has 4 fully saturated rings. The van der Waals surface area contributed by atoms with Gasteiger partial charge in [0.2, 0.25) is 5.79 Å². The summed E-state index contributed by atoms with van der Waals surface area (Å²) < 4.78 is 17.4. The second kappa shape index (κ2) is 6.57. The smallest absolute Gasteiger partial charge is 0.201 e. The first-order chi connectivity index (χ1) is 10.6. The van der Waals surface area contributed by atoms with Crippen LogP contribution >= 0.6 is 0 Å². The van der Waals surface area contributed by atoms with Crippen LogP contribution in [0.1, 0.15) is 45.4 Å². The van der Waals surface area contributed by atoms with Crippen LogP contribution in [0.2, 0.25) is 0 Å². The van der Waals surface area contributed by atoms with E-state index in [9.17, 15) is 0 Å². The maximum atomic E-state index is 6.14. The third-order valence-electron chi connectivity index (χ3n) is 5.48. The lowest BCUT2D eigenvalue weighted by Gasteiger charge is -2.53. The molecule has 1 saturated carbocycles. The van der Waals surface area contributed by atoms with Crippen LogP contribution in [-0.4, -0.2) is 38.0 Å². The summed E-state index contributed by atoms with van der Waals surface area (Å²) in [5.74, 6) is 0.0521. The van der Waals surface area contributed by atoms with E-state index in [1.807, 2.05) is 6.92 Å². The van der Waals surface area contributed by atoms with E-state index in [1.165, 1.54) is 6.42 Å². The molecule has 1 aliphatic carbocycles. The minimum Gasteiger partial charge on any atom is -0.377 e. The number of fused-ring (bicyclic) bond motifs is 3. The minimum absolute atomic E-state index is 0.323. The Morgan fingerprint density at radius 2 is 2.14 bits per heavy atom. The van der Waals surface area contributed by atoms with E-state index in [1.54, 1.807) is 13.2 Å². The molecular formula is C17H28O5. The molecule has 0 N–H and O–H groups in total. The van der Waals surface area contributed by atoms with Crippen LogP contribution in [0.5, 0.6) is 0 Å². The zero-order valence-corrected chi connectivity index (χ0v) is 13.7. The zero-order valence-electron chi connectivity index (χ0n) is 13.7. The molecule has 3 heterocycles. The summed E-state index contributed by atoms with van der Waals surface area (Å²) >= 11 is 0. The van der Waals surface area contributed by atoms with E-state index in [0.717, 1.165) is 32.1 Å². The Morgan fingerprint density at radius 3 is 2.91 bits per heavy atom. The predicted octanol–water partition coefficient (Wildman–Crippen LogP) is 3.20. The van der Waals surface area contributed by atoms with Gasteiger partial charge in [-0.1, -0.05) is 12.5 Å². The molecule has 4 rings (SSSR count). The molecule has 5 atom stereocenters. The number of ether oxygens (including phenoxy) is 3. The zero-order chi connectivity index (χ0) is 15.6. The second-order valence-corrected chi connectivity index (χ2v) is 6.86. The molecular weight excluding hydrogens is 284 g/mol. The van der Waals surface area contributed by atoms with Crippen LogP contribution in [-0.2, 0) is 24.0 Å². The lowest BCUT2D eigenvalue weighted by atomic mass is 9.65. The third-order valence-corrected chi connectivity index (χ3v) is 5.48. The molecule has 0 aromatic rings. The SMILES string of the molecule is C=CCOCC[C@@H]1CCC[C@@H]2CC[C@@]3(C)OO[C@]21[C@@H](OC)O3. The van der Waals surface area contributed by atoms with Crippen molar-refractivity contribution >= 4 is 0 Å². The van der Waals surface area contributed by atoms with Crippen molar-refractivity contribution in [3.63, 3.8) is 0 Å². The minimum atomic E-state index is -0.687. The summed E-state index contributed by atoms with van der Waals surface area (Å²) in [5, 5.41) is 0. The van der Waals surface area contributed by atoms with E-state index in [-0.39, 0.29) is 6.29 Å². The van der Waals surface area contributed by atoms with Gasteiger partial charge in [0.1, 0.15) is 0 Å². The predicted molar refractivity (Wildman–Crippen MR) is 80.9 cm³/mol. The van der Waals surface area contributed by atoms with Gasteiger partial charge < -0.3 is 14.2 Å². The fraction of sp³-hybridized carbons (Fsp3) is 0.882. The average Bonchev–Trinajstić information content (AvgIpc) is 2.76. The first-order valence-corrected chi connectivity index (χ1v) is 8.41. The first kappa shape index (κ1) is 16.4. The molecule has 0 aromatic heterocycles. The van der Waals surface area contributed by atoms with Gasteiger partial charge in [-0.3, -0.25) is 0 Å². The molecule has 5 nitrogen and oxygen atoms in total. The lowest BCUT2D eigenvalue weighted by Crippen LogP contribution is -2.63. The molecule has 0 unspecified atom stereocenters. The summed E-state index contributed by atoms with van der Waals surface area (Å²) in [6, 6.07) is 0. The molecule has 22 heavy (non-hydrogen) atoms. The Hall–Kier alpha value is -0.460. The summed E-state index contributed by atoms with van der Waals surface area (Å²) in [6.45, 7) is 6.90. The quantitative estimate of drug-likeness (QED) is 0.428. The van der Waals surface area contributed by atoms with Crippen LogP contribution in [0.15, 0.2) is 12.7 Å². The molecule has 2 bridgehead atoms. The maximum Gasteiger partial charge on any atom is 0.201 e. The van der Waals surface area contributed by atoms with E-state index in [4.69, 9.17) is 24.0 Å². The van der Waals surface area contributed by atoms with Gasteiger partial charge in [0, 0.05) is 20.1 Å². The van der Waals surface area contributed by atoms with E-state index in [2.05, 4.69) is 6.58 Å². The van der Waals surface area contributed by atoms with Crippen LogP contribution in [0, 0.1) is 11.8 Å². The highest BCUT2D eigenvalue weighted by atomic mass is 17.3. The van der Waals surface area contributed by atoms with Gasteiger partial charge in [-0.05, 0) is 44.4 Å². The molecule has 3 saturated heterocycles. The second-order valence-electron chi connectivity index (χ2n) is 6.86. The van der Waals surface area contributed by atoms with Crippen LogP contribution in [0.25, 0.3) is 0 Å². The Balaban J connectivity index is 1.80. The van der Waals surface area contributed by atoms with Crippen molar-refractivity contribution in [3.8, 4) is 0 Å². The number of methoxy groups -OCH3 is 1. The molecule has 0 amide bonds. The molecule has 1 spiro atoms. The summed E-state index contributed by atoms with van der Waals surface area (Å²) in [5.41, 5.74) is -0.499. The molecule has 3 aliphatic heterocycles. The third kappa shape index (κ3) is 2.74. The van der Waals surface area contributed by atoms with Gasteiger partial charge in [-0.15, -0.1) is 6.58 Å². The largest absolute Gasteiger partial charge is 0.377 e. The highest BCUT2D eigenvalue weighted by molar-refractivity contribution is 5.03. The highest BCUT2D eigenvalue weighted by Gasteiger charge is 2.63. The van der Waals surface area contributed by atoms with Gasteiger partial charge >= 0.3 is 0 Å². The summed E-state index contributed by atoms with van der Waals surface area (Å²) in [7, 11) is 1.70. The fourth-order valence-electron chi connectivity index (χ4n) is 4.36. The van der Waals surface area contributed by atoms with E-state index >= 15 is 0 Å². The normalized spacial score (nSPS) is 44.4. The van der Waals surface area contributed by atoms with Crippen molar-refractivity contribution < 1.29 is 24.0 Å². The Kier molecular flexibility index (Phi) is 4.90. The van der Waals surface area contributed by atoms with Gasteiger partial charge in [0.25, 0.3) is 0 Å². The molecule has 126 valence electrons. The van der Waals surface area contributed by atoms with Crippen molar-refractivity contribution in [3.05, 3.63) is 12.7 Å². The summed E-state index contributed by atoms with van der Waals surface area (Å²) in [4.78, 5) is 11.7. The van der Waals surface area contributed by atoms with Crippen molar-refractivity contribution in [2.75, 3.05) is 20.3 Å². The maximum absolute atomic E-state index is 6.14. The fourth-order valence-corrected chi connectivity index (χ4v) is 4.36. The van der Waals surface area contributed by atoms with Gasteiger partial charge in [-0.2, -0.15) is 0 Å². The van der Waals surface area contributed by atoms with Gasteiger partial charge in [0.05, 0.1) is 6.61 Å². The molecule has 0 aromatic carbocycles. The lowest BCUT2D eigenvalue weighted by molar-refractivity contribution is -0.554. The number of rotatable bonds is 6. The highest BCUT2D eigenvalue weighted by Crippen LogP contribution is 2.55. The van der Waals surface area contributed by atoms with Gasteiger partial charge in [-0.25, -0.2) is 9.78 Å².